The fourth-order valence-electron chi connectivity index (χ4n) is 4.58. The van der Waals surface area contributed by atoms with Gasteiger partial charge in [0.1, 0.15) is 5.41 Å². The number of H-pyrrole nitrogens is 1. The second-order valence-electron chi connectivity index (χ2n) is 7.62. The summed E-state index contributed by atoms with van der Waals surface area (Å²) in [4.78, 5) is 31.0. The highest BCUT2D eigenvalue weighted by Crippen LogP contribution is 2.43. The molecule has 2 unspecified atom stereocenters. The van der Waals surface area contributed by atoms with Gasteiger partial charge in [-0.1, -0.05) is 23.7 Å². The number of nitrogens with zero attached hydrogens (tertiary/aromatic N) is 2. The van der Waals surface area contributed by atoms with E-state index in [1.54, 1.807) is 4.90 Å². The molecule has 138 valence electrons. The lowest BCUT2D eigenvalue weighted by Crippen LogP contribution is -2.41. The first-order chi connectivity index (χ1) is 12.3. The van der Waals surface area contributed by atoms with Gasteiger partial charge in [0.2, 0.25) is 5.91 Å². The lowest BCUT2D eigenvalue weighted by atomic mass is 9.81. The zero-order chi connectivity index (χ0) is 18.6. The number of carbonyl (C=O) groups is 2. The molecule has 0 saturated carbocycles. The number of halogens is 1. The molecule has 2 aliphatic rings. The van der Waals surface area contributed by atoms with Crippen LogP contribution < -0.4 is 0 Å². The van der Waals surface area contributed by atoms with Crippen LogP contribution in [0.3, 0.4) is 0 Å². The summed E-state index contributed by atoms with van der Waals surface area (Å²) in [5.74, 6) is -0.880. The minimum atomic E-state index is -0.858. The number of amides is 1. The van der Waals surface area contributed by atoms with Crippen LogP contribution in [0, 0.1) is 18.3 Å². The number of fused-ring (bicyclic) bond motifs is 2. The topological polar surface area (TPSA) is 76.6 Å². The van der Waals surface area contributed by atoms with Gasteiger partial charge in [0.15, 0.2) is 0 Å². The molecule has 0 bridgehead atoms. The number of carbonyl (C=O) groups excluding carboxylic acids is 1. The molecule has 3 heterocycles. The summed E-state index contributed by atoms with van der Waals surface area (Å²) < 4.78 is 0. The van der Waals surface area contributed by atoms with Crippen molar-refractivity contribution in [2.75, 3.05) is 26.2 Å². The molecule has 4 rings (SSSR count). The molecule has 2 aliphatic heterocycles. The minimum Gasteiger partial charge on any atom is -0.481 e. The van der Waals surface area contributed by atoms with Gasteiger partial charge in [0.25, 0.3) is 0 Å². The van der Waals surface area contributed by atoms with E-state index < -0.39 is 11.4 Å². The Morgan fingerprint density at radius 2 is 2.12 bits per heavy atom. The van der Waals surface area contributed by atoms with Crippen molar-refractivity contribution >= 4 is 34.4 Å². The molecule has 1 amide bonds. The molecule has 2 aromatic rings. The maximum Gasteiger partial charge on any atom is 0.313 e. The Hall–Kier alpha value is -2.05. The van der Waals surface area contributed by atoms with Crippen molar-refractivity contribution in [2.45, 2.75) is 20.4 Å². The molecule has 26 heavy (non-hydrogen) atoms. The maximum atomic E-state index is 12.0. The van der Waals surface area contributed by atoms with E-state index in [-0.39, 0.29) is 11.8 Å². The van der Waals surface area contributed by atoms with Crippen LogP contribution in [0.25, 0.3) is 10.9 Å². The van der Waals surface area contributed by atoms with Crippen molar-refractivity contribution in [1.82, 2.24) is 14.8 Å². The van der Waals surface area contributed by atoms with Crippen molar-refractivity contribution in [1.29, 1.82) is 0 Å². The molecule has 1 aromatic carbocycles. The quantitative estimate of drug-likeness (QED) is 0.864. The third-order valence-corrected chi connectivity index (χ3v) is 6.39. The van der Waals surface area contributed by atoms with Crippen molar-refractivity contribution < 1.29 is 14.7 Å². The molecule has 6 nitrogen and oxygen atoms in total. The average molecular weight is 376 g/mol. The number of aliphatic carboxylic acids is 1. The van der Waals surface area contributed by atoms with E-state index in [1.165, 1.54) is 6.92 Å². The highest BCUT2D eigenvalue weighted by atomic mass is 35.5. The molecule has 0 radical (unpaired) electrons. The number of hydrogen-bond donors (Lipinski definition) is 2. The molecule has 1 aromatic heterocycles. The number of aryl methyl sites for hydroxylation is 1. The molecular weight excluding hydrogens is 354 g/mol. The largest absolute Gasteiger partial charge is 0.481 e. The summed E-state index contributed by atoms with van der Waals surface area (Å²) in [6.07, 6.45) is 0. The van der Waals surface area contributed by atoms with Gasteiger partial charge in [-0.25, -0.2) is 0 Å². The fourth-order valence-corrected chi connectivity index (χ4v) is 4.81. The van der Waals surface area contributed by atoms with Crippen molar-refractivity contribution in [3.63, 3.8) is 0 Å². The van der Waals surface area contributed by atoms with Crippen LogP contribution in [0.1, 0.15) is 18.2 Å². The maximum absolute atomic E-state index is 12.0. The standard InChI is InChI=1S/C19H22ClN3O3/c1-11-14-4-3-5-15(20)17(14)21-16(11)8-22-6-13-7-23(12(2)24)10-19(13,9-22)18(25)26/h3-5,13,21H,6-10H2,1-2H3,(H,25,26). The van der Waals surface area contributed by atoms with Crippen LogP contribution in [0.2, 0.25) is 5.02 Å². The fraction of sp³-hybridized carbons (Fsp3) is 0.474. The molecular formula is C19H22ClN3O3. The molecule has 2 saturated heterocycles. The van der Waals surface area contributed by atoms with Gasteiger partial charge in [-0.3, -0.25) is 14.5 Å². The molecule has 2 N–H and O–H groups in total. The normalized spacial score (nSPS) is 25.8. The summed E-state index contributed by atoms with van der Waals surface area (Å²) in [5, 5.41) is 11.7. The van der Waals surface area contributed by atoms with Crippen molar-refractivity contribution in [3.05, 3.63) is 34.5 Å². The van der Waals surface area contributed by atoms with Crippen LogP contribution in [-0.2, 0) is 16.1 Å². The van der Waals surface area contributed by atoms with Crippen LogP contribution in [0.5, 0.6) is 0 Å². The van der Waals surface area contributed by atoms with Gasteiger partial charge >= 0.3 is 5.97 Å². The van der Waals surface area contributed by atoms with Crippen LogP contribution in [0.4, 0.5) is 0 Å². The molecule has 2 atom stereocenters. The Bertz CT molecular complexity index is 909. The van der Waals surface area contributed by atoms with E-state index in [1.807, 2.05) is 18.2 Å². The second kappa shape index (κ2) is 5.99. The second-order valence-corrected chi connectivity index (χ2v) is 8.03. The number of carboxylic acid groups (broad SMARTS) is 1. The summed E-state index contributed by atoms with van der Waals surface area (Å²) in [6.45, 7) is 6.18. The van der Waals surface area contributed by atoms with Gasteiger partial charge in [0.05, 0.1) is 10.5 Å². The predicted molar refractivity (Wildman–Crippen MR) is 99.1 cm³/mol. The number of carboxylic acids is 1. The van der Waals surface area contributed by atoms with Gasteiger partial charge in [-0.2, -0.15) is 0 Å². The average Bonchev–Trinajstić information content (AvgIpc) is 3.19. The lowest BCUT2D eigenvalue weighted by molar-refractivity contribution is -0.149. The summed E-state index contributed by atoms with van der Waals surface area (Å²) >= 11 is 6.29. The van der Waals surface area contributed by atoms with Gasteiger partial charge in [-0.05, 0) is 18.6 Å². The van der Waals surface area contributed by atoms with Crippen LogP contribution in [0.15, 0.2) is 18.2 Å². The number of benzene rings is 1. The SMILES string of the molecule is CC(=O)N1CC2CN(Cc3[nH]c4c(Cl)cccc4c3C)CC2(C(=O)O)C1. The Morgan fingerprint density at radius 3 is 2.73 bits per heavy atom. The highest BCUT2D eigenvalue weighted by molar-refractivity contribution is 6.35. The molecule has 7 heteroatoms. The number of rotatable bonds is 3. The first-order valence-electron chi connectivity index (χ1n) is 8.79. The van der Waals surface area contributed by atoms with E-state index >= 15 is 0 Å². The van der Waals surface area contributed by atoms with E-state index in [4.69, 9.17) is 11.6 Å². The van der Waals surface area contributed by atoms with Crippen LogP contribution in [-0.4, -0.2) is 57.9 Å². The van der Waals surface area contributed by atoms with Gasteiger partial charge in [0, 0.05) is 56.6 Å². The van der Waals surface area contributed by atoms with Gasteiger partial charge < -0.3 is 15.0 Å². The monoisotopic (exact) mass is 375 g/mol. The lowest BCUT2D eigenvalue weighted by Gasteiger charge is -2.25. The molecule has 2 fully saturated rings. The third kappa shape index (κ3) is 2.51. The molecule has 0 aliphatic carbocycles. The third-order valence-electron chi connectivity index (χ3n) is 6.08. The first kappa shape index (κ1) is 17.4. The van der Waals surface area contributed by atoms with Crippen molar-refractivity contribution in [2.24, 2.45) is 11.3 Å². The smallest absolute Gasteiger partial charge is 0.313 e. The Balaban J connectivity index is 1.59. The number of hydrogen-bond acceptors (Lipinski definition) is 3. The molecule has 0 spiro atoms. The zero-order valence-corrected chi connectivity index (χ0v) is 15.6. The summed E-state index contributed by atoms with van der Waals surface area (Å²) in [6, 6.07) is 5.84. The highest BCUT2D eigenvalue weighted by Gasteiger charge is 2.58. The first-order valence-corrected chi connectivity index (χ1v) is 9.16. The van der Waals surface area contributed by atoms with E-state index in [0.29, 0.717) is 37.7 Å². The zero-order valence-electron chi connectivity index (χ0n) is 14.9. The Morgan fingerprint density at radius 1 is 1.35 bits per heavy atom. The van der Waals surface area contributed by atoms with Crippen LogP contribution >= 0.6 is 11.6 Å². The Kier molecular flexibility index (Phi) is 4.00. The number of aromatic amines is 1. The number of para-hydroxylation sites is 1. The number of likely N-dealkylation sites (tertiary alicyclic amines) is 2. The summed E-state index contributed by atoms with van der Waals surface area (Å²) in [7, 11) is 0. The number of nitrogens with one attached hydrogen (secondary N) is 1. The van der Waals surface area contributed by atoms with E-state index in [0.717, 1.165) is 22.2 Å². The van der Waals surface area contributed by atoms with E-state index in [9.17, 15) is 14.7 Å². The number of aromatic nitrogens is 1. The predicted octanol–water partition coefficient (Wildman–Crippen LogP) is 2.49. The summed E-state index contributed by atoms with van der Waals surface area (Å²) in [5.41, 5.74) is 2.28. The van der Waals surface area contributed by atoms with Gasteiger partial charge in [-0.15, -0.1) is 0 Å². The van der Waals surface area contributed by atoms with E-state index in [2.05, 4.69) is 16.8 Å². The van der Waals surface area contributed by atoms with Crippen molar-refractivity contribution in [3.8, 4) is 0 Å². The Labute approximate surface area is 156 Å². The minimum absolute atomic E-state index is 0.0304.